The van der Waals surface area contributed by atoms with Crippen LogP contribution in [0.2, 0.25) is 0 Å². The van der Waals surface area contributed by atoms with Crippen LogP contribution in [-0.2, 0) is 16.1 Å². The number of hydrogen-bond acceptors (Lipinski definition) is 2. The Kier molecular flexibility index (Phi) is 10.8. The zero-order valence-corrected chi connectivity index (χ0v) is 24.3. The van der Waals surface area contributed by atoms with Crippen molar-refractivity contribution in [1.29, 1.82) is 0 Å². The normalized spacial score (nSPS) is 24.9. The molecule has 3 heteroatoms. The van der Waals surface area contributed by atoms with Crippen molar-refractivity contribution < 1.29 is 9.53 Å². The second-order valence-corrected chi connectivity index (χ2v) is 11.3. The molecule has 0 bridgehead atoms. The van der Waals surface area contributed by atoms with Gasteiger partial charge in [-0.2, -0.15) is 0 Å². The van der Waals surface area contributed by atoms with Gasteiger partial charge in [0.2, 0.25) is 5.91 Å². The lowest BCUT2D eigenvalue weighted by Gasteiger charge is -2.26. The fourth-order valence-corrected chi connectivity index (χ4v) is 5.49. The van der Waals surface area contributed by atoms with Crippen molar-refractivity contribution in [1.82, 2.24) is 5.32 Å². The number of ether oxygens (including phenoxy) is 1. The molecule has 1 N–H and O–H groups in total. The maximum absolute atomic E-state index is 12.8. The fourth-order valence-electron chi connectivity index (χ4n) is 5.49. The molecule has 1 aromatic carbocycles. The van der Waals surface area contributed by atoms with Crippen LogP contribution in [0.1, 0.15) is 70.8 Å². The third kappa shape index (κ3) is 8.71. The minimum atomic E-state index is -0.0656. The lowest BCUT2D eigenvalue weighted by atomic mass is 9.78. The number of benzene rings is 1. The number of carbonyl (C=O) groups excluding carboxylic acids is 1. The van der Waals surface area contributed by atoms with E-state index in [-0.39, 0.29) is 11.3 Å². The van der Waals surface area contributed by atoms with E-state index in [4.69, 9.17) is 4.74 Å². The molecular formula is C37H45NO2. The second kappa shape index (κ2) is 14.7. The van der Waals surface area contributed by atoms with Crippen LogP contribution < -0.4 is 5.32 Å². The monoisotopic (exact) mass is 535 g/mol. The zero-order chi connectivity index (χ0) is 28.2. The molecule has 4 rings (SSSR count). The lowest BCUT2D eigenvalue weighted by Crippen LogP contribution is -2.24. The minimum absolute atomic E-state index is 0.0656. The smallest absolute Gasteiger partial charge is 0.224 e. The van der Waals surface area contributed by atoms with E-state index in [0.29, 0.717) is 25.5 Å². The highest BCUT2D eigenvalue weighted by atomic mass is 16.5. The Hall–Kier alpha value is -3.59. The Morgan fingerprint density at radius 3 is 2.70 bits per heavy atom. The Bertz CT molecular complexity index is 1250. The van der Waals surface area contributed by atoms with Gasteiger partial charge in [0.15, 0.2) is 0 Å². The third-order valence-electron chi connectivity index (χ3n) is 8.04. The van der Waals surface area contributed by atoms with Crippen LogP contribution in [0.25, 0.3) is 0 Å². The first-order chi connectivity index (χ1) is 19.5. The van der Waals surface area contributed by atoms with E-state index in [2.05, 4.69) is 97.8 Å². The number of rotatable bonds is 12. The SMILES string of the molecule is C=C/C=C(\C=C/C)C1(C)C=CC(CC(=O)NCC/C2=C/C/C(OCc3ccccc3)=C(/C3CC3)CC=C2)=CCC1. The molecule has 0 aromatic heterocycles. The highest BCUT2D eigenvalue weighted by Crippen LogP contribution is 2.42. The van der Waals surface area contributed by atoms with Gasteiger partial charge in [0.1, 0.15) is 12.4 Å². The Morgan fingerprint density at radius 2 is 1.95 bits per heavy atom. The van der Waals surface area contributed by atoms with E-state index in [9.17, 15) is 4.79 Å². The molecule has 1 aromatic rings. The molecule has 3 aliphatic carbocycles. The van der Waals surface area contributed by atoms with Crippen molar-refractivity contribution in [3.63, 3.8) is 0 Å². The number of carbonyl (C=O) groups is 1. The molecule has 3 nitrogen and oxygen atoms in total. The number of allylic oxidation sites excluding steroid dienone is 12. The first-order valence-corrected chi connectivity index (χ1v) is 14.9. The molecule has 210 valence electrons. The van der Waals surface area contributed by atoms with E-state index >= 15 is 0 Å². The maximum Gasteiger partial charge on any atom is 0.224 e. The standard InChI is InChI=1S/C37H45NO2/c1-4-11-33(12-5-2)37(3)24-10-16-30(22-25-37)27-36(39)38-26-23-29-15-9-17-34(32-19-20-32)35(21-18-29)40-28-31-13-7-6-8-14-31/h4-9,11-16,18,22,25,32H,1,10,17,19-21,23-24,26-28H2,2-3H3,(H,38,39)/b12-5-,15-9?,29-18+,33-11+,35-34-. The summed E-state index contributed by atoms with van der Waals surface area (Å²) in [4.78, 5) is 12.8. The van der Waals surface area contributed by atoms with Gasteiger partial charge >= 0.3 is 0 Å². The van der Waals surface area contributed by atoms with Gasteiger partial charge in [-0.05, 0) is 73.6 Å². The van der Waals surface area contributed by atoms with E-state index in [1.165, 1.54) is 35.1 Å². The molecule has 1 atom stereocenters. The molecule has 0 saturated heterocycles. The molecule has 1 saturated carbocycles. The van der Waals surface area contributed by atoms with E-state index < -0.39 is 0 Å². The van der Waals surface area contributed by atoms with E-state index in [0.717, 1.165) is 43.4 Å². The van der Waals surface area contributed by atoms with Gasteiger partial charge in [-0.1, -0.05) is 110 Å². The number of hydrogen-bond donors (Lipinski definition) is 1. The van der Waals surface area contributed by atoms with Crippen molar-refractivity contribution in [3.05, 3.63) is 131 Å². The average molecular weight is 536 g/mol. The topological polar surface area (TPSA) is 38.3 Å². The van der Waals surface area contributed by atoms with Gasteiger partial charge in [0.25, 0.3) is 0 Å². The van der Waals surface area contributed by atoms with E-state index in [1.807, 2.05) is 19.1 Å². The maximum atomic E-state index is 12.8. The number of amides is 1. The quantitative estimate of drug-likeness (QED) is 0.271. The molecule has 40 heavy (non-hydrogen) atoms. The van der Waals surface area contributed by atoms with Crippen LogP contribution in [-0.4, -0.2) is 12.5 Å². The summed E-state index contributed by atoms with van der Waals surface area (Å²) >= 11 is 0. The molecule has 1 fully saturated rings. The summed E-state index contributed by atoms with van der Waals surface area (Å²) in [6.07, 6.45) is 29.0. The van der Waals surface area contributed by atoms with Crippen LogP contribution in [0.3, 0.4) is 0 Å². The van der Waals surface area contributed by atoms with Crippen molar-refractivity contribution >= 4 is 5.91 Å². The van der Waals surface area contributed by atoms with Crippen molar-refractivity contribution in [3.8, 4) is 0 Å². The predicted molar refractivity (Wildman–Crippen MR) is 167 cm³/mol. The molecule has 0 aliphatic heterocycles. The minimum Gasteiger partial charge on any atom is -0.493 e. The van der Waals surface area contributed by atoms with Crippen LogP contribution in [0, 0.1) is 11.3 Å². The van der Waals surface area contributed by atoms with Crippen LogP contribution in [0.5, 0.6) is 0 Å². The molecule has 0 heterocycles. The van der Waals surface area contributed by atoms with E-state index in [1.54, 1.807) is 0 Å². The highest BCUT2D eigenvalue weighted by molar-refractivity contribution is 5.79. The molecule has 0 radical (unpaired) electrons. The predicted octanol–water partition coefficient (Wildman–Crippen LogP) is 9.01. The van der Waals surface area contributed by atoms with Crippen LogP contribution in [0.15, 0.2) is 126 Å². The summed E-state index contributed by atoms with van der Waals surface area (Å²) in [5.74, 6) is 1.90. The van der Waals surface area contributed by atoms with Gasteiger partial charge < -0.3 is 10.1 Å². The van der Waals surface area contributed by atoms with Crippen molar-refractivity contribution in [2.75, 3.05) is 6.54 Å². The van der Waals surface area contributed by atoms with Crippen molar-refractivity contribution in [2.45, 2.75) is 71.8 Å². The zero-order valence-electron chi connectivity index (χ0n) is 24.3. The fraction of sp³-hybridized carbons (Fsp3) is 0.378. The van der Waals surface area contributed by atoms with Gasteiger partial charge in [-0.25, -0.2) is 0 Å². The molecule has 0 spiro atoms. The summed E-state index contributed by atoms with van der Waals surface area (Å²) in [6, 6.07) is 10.4. The third-order valence-corrected chi connectivity index (χ3v) is 8.04. The number of nitrogens with one attached hydrogen (secondary N) is 1. The Morgan fingerprint density at radius 1 is 1.12 bits per heavy atom. The first kappa shape index (κ1) is 29.4. The van der Waals surface area contributed by atoms with Crippen molar-refractivity contribution in [2.24, 2.45) is 11.3 Å². The molecule has 1 amide bonds. The molecule has 1 unspecified atom stereocenters. The molecule has 3 aliphatic rings. The van der Waals surface area contributed by atoms with Gasteiger partial charge in [-0.3, -0.25) is 4.79 Å². The first-order valence-electron chi connectivity index (χ1n) is 14.9. The summed E-state index contributed by atoms with van der Waals surface area (Å²) in [7, 11) is 0. The highest BCUT2D eigenvalue weighted by Gasteiger charge is 2.29. The summed E-state index contributed by atoms with van der Waals surface area (Å²) in [6.45, 7) is 9.42. The van der Waals surface area contributed by atoms with Gasteiger partial charge in [-0.15, -0.1) is 0 Å². The second-order valence-electron chi connectivity index (χ2n) is 11.3. The summed E-state index contributed by atoms with van der Waals surface area (Å²) < 4.78 is 6.37. The van der Waals surface area contributed by atoms with Gasteiger partial charge in [0, 0.05) is 18.4 Å². The largest absolute Gasteiger partial charge is 0.493 e. The summed E-state index contributed by atoms with van der Waals surface area (Å²) in [5, 5.41) is 3.15. The summed E-state index contributed by atoms with van der Waals surface area (Å²) in [5.41, 5.74) is 6.19. The lowest BCUT2D eigenvalue weighted by molar-refractivity contribution is -0.120. The molecular weight excluding hydrogens is 490 g/mol. The van der Waals surface area contributed by atoms with Crippen LogP contribution >= 0.6 is 0 Å². The van der Waals surface area contributed by atoms with Crippen LogP contribution in [0.4, 0.5) is 0 Å². The Labute approximate surface area is 241 Å². The Balaban J connectivity index is 1.29. The average Bonchev–Trinajstić information content (AvgIpc) is 3.79. The van der Waals surface area contributed by atoms with Gasteiger partial charge in [0.05, 0.1) is 6.42 Å².